The lowest BCUT2D eigenvalue weighted by Gasteiger charge is -2.37. The summed E-state index contributed by atoms with van der Waals surface area (Å²) in [7, 11) is 0. The first kappa shape index (κ1) is 6.09. The Bertz CT molecular complexity index is 156. The fourth-order valence-corrected chi connectivity index (χ4v) is 1.61. The van der Waals surface area contributed by atoms with Gasteiger partial charge in [-0.2, -0.15) is 0 Å². The van der Waals surface area contributed by atoms with Crippen LogP contribution < -0.4 is 0 Å². The number of rotatable bonds is 1. The molecule has 56 valence electrons. The van der Waals surface area contributed by atoms with Crippen molar-refractivity contribution >= 4 is 0 Å². The summed E-state index contributed by atoms with van der Waals surface area (Å²) in [6.45, 7) is 2.33. The van der Waals surface area contributed by atoms with Gasteiger partial charge in [-0.1, -0.05) is 0 Å². The van der Waals surface area contributed by atoms with E-state index in [9.17, 15) is 4.91 Å². The molecule has 4 heteroatoms. The lowest BCUT2D eigenvalue weighted by molar-refractivity contribution is -0.137. The summed E-state index contributed by atoms with van der Waals surface area (Å²) >= 11 is 0. The van der Waals surface area contributed by atoms with Crippen LogP contribution in [0.1, 0.15) is 12.8 Å². The molecule has 0 aliphatic carbocycles. The average molecular weight is 142 g/mol. The summed E-state index contributed by atoms with van der Waals surface area (Å²) in [4.78, 5) is 10.1. The second-order valence-corrected chi connectivity index (χ2v) is 3.00. The van der Waals surface area contributed by atoms with Crippen LogP contribution in [0.4, 0.5) is 0 Å². The third kappa shape index (κ3) is 0.718. The van der Waals surface area contributed by atoms with Crippen LogP contribution in [0.2, 0.25) is 0 Å². The van der Waals surface area contributed by atoms with Crippen molar-refractivity contribution in [3.05, 3.63) is 4.91 Å². The van der Waals surface area contributed by atoms with Gasteiger partial charge < -0.3 is 4.74 Å². The molecule has 2 aliphatic heterocycles. The molecular formula is C6H10N2O2. The van der Waals surface area contributed by atoms with Gasteiger partial charge in [0.2, 0.25) is 0 Å². The Morgan fingerprint density at radius 1 is 1.50 bits per heavy atom. The van der Waals surface area contributed by atoms with Gasteiger partial charge in [-0.25, -0.2) is 0 Å². The van der Waals surface area contributed by atoms with E-state index in [1.165, 1.54) is 0 Å². The van der Waals surface area contributed by atoms with Gasteiger partial charge in [-0.05, 0) is 6.42 Å². The van der Waals surface area contributed by atoms with Crippen molar-refractivity contribution in [1.82, 2.24) is 5.01 Å². The van der Waals surface area contributed by atoms with Gasteiger partial charge >= 0.3 is 0 Å². The Labute approximate surface area is 59.1 Å². The van der Waals surface area contributed by atoms with Crippen LogP contribution in [0, 0.1) is 4.91 Å². The summed E-state index contributed by atoms with van der Waals surface area (Å²) in [5.74, 6) is 0. The molecule has 2 saturated heterocycles. The SMILES string of the molecule is O=NN1CCC2(CCO2)C1. The normalized spacial score (nSPS) is 38.2. The molecule has 0 aromatic rings. The van der Waals surface area contributed by atoms with Gasteiger partial charge in [0.25, 0.3) is 0 Å². The predicted molar refractivity (Wildman–Crippen MR) is 35.3 cm³/mol. The molecule has 2 aliphatic rings. The molecule has 0 bridgehead atoms. The maximum Gasteiger partial charge on any atom is 0.0913 e. The molecule has 4 nitrogen and oxygen atoms in total. The Balaban J connectivity index is 1.98. The zero-order chi connectivity index (χ0) is 7.03. The van der Waals surface area contributed by atoms with Crippen LogP contribution in [-0.4, -0.2) is 30.3 Å². The molecule has 1 spiro atoms. The molecule has 2 heterocycles. The second kappa shape index (κ2) is 1.92. The Morgan fingerprint density at radius 2 is 2.30 bits per heavy atom. The molecule has 1 unspecified atom stereocenters. The van der Waals surface area contributed by atoms with Crippen LogP contribution in [0.5, 0.6) is 0 Å². The quantitative estimate of drug-likeness (QED) is 0.501. The molecule has 10 heavy (non-hydrogen) atoms. The lowest BCUT2D eigenvalue weighted by Crippen LogP contribution is -2.45. The standard InChI is InChI=1S/C6H10N2O2/c9-7-8-3-1-6(5-8)2-4-10-6/h1-5H2. The van der Waals surface area contributed by atoms with E-state index in [-0.39, 0.29) is 5.60 Å². The number of hydrogen-bond donors (Lipinski definition) is 0. The van der Waals surface area contributed by atoms with Crippen molar-refractivity contribution in [2.75, 3.05) is 19.7 Å². The van der Waals surface area contributed by atoms with Crippen molar-refractivity contribution in [2.24, 2.45) is 5.29 Å². The van der Waals surface area contributed by atoms with Crippen LogP contribution in [0.15, 0.2) is 5.29 Å². The molecule has 0 aromatic heterocycles. The van der Waals surface area contributed by atoms with Crippen LogP contribution in [0.3, 0.4) is 0 Å². The van der Waals surface area contributed by atoms with Crippen molar-refractivity contribution in [2.45, 2.75) is 18.4 Å². The van der Waals surface area contributed by atoms with Crippen LogP contribution in [0.25, 0.3) is 0 Å². The van der Waals surface area contributed by atoms with E-state index in [4.69, 9.17) is 4.74 Å². The Morgan fingerprint density at radius 3 is 2.60 bits per heavy atom. The smallest absolute Gasteiger partial charge is 0.0913 e. The van der Waals surface area contributed by atoms with E-state index >= 15 is 0 Å². The molecule has 0 saturated carbocycles. The van der Waals surface area contributed by atoms with Crippen molar-refractivity contribution in [1.29, 1.82) is 0 Å². The maximum absolute atomic E-state index is 10.1. The highest BCUT2D eigenvalue weighted by Gasteiger charge is 2.44. The number of nitrogens with zero attached hydrogens (tertiary/aromatic N) is 2. The average Bonchev–Trinajstić information content (AvgIpc) is 2.29. The van der Waals surface area contributed by atoms with Crippen LogP contribution >= 0.6 is 0 Å². The van der Waals surface area contributed by atoms with E-state index in [0.29, 0.717) is 6.54 Å². The highest BCUT2D eigenvalue weighted by atomic mass is 16.5. The first-order valence-corrected chi connectivity index (χ1v) is 3.57. The summed E-state index contributed by atoms with van der Waals surface area (Å²) in [6.07, 6.45) is 2.07. The number of nitroso groups, excluding NO2 is 1. The molecule has 0 amide bonds. The van der Waals surface area contributed by atoms with E-state index in [2.05, 4.69) is 5.29 Å². The first-order valence-electron chi connectivity index (χ1n) is 3.57. The number of hydrogen-bond acceptors (Lipinski definition) is 3. The Hall–Kier alpha value is -0.640. The van der Waals surface area contributed by atoms with E-state index in [1.54, 1.807) is 5.01 Å². The molecule has 1 atom stereocenters. The third-order valence-electron chi connectivity index (χ3n) is 2.38. The lowest BCUT2D eigenvalue weighted by atomic mass is 9.94. The first-order chi connectivity index (χ1) is 4.85. The minimum absolute atomic E-state index is 0.0217. The molecule has 0 radical (unpaired) electrons. The van der Waals surface area contributed by atoms with E-state index in [1.807, 2.05) is 0 Å². The minimum Gasteiger partial charge on any atom is -0.373 e. The zero-order valence-electron chi connectivity index (χ0n) is 5.75. The van der Waals surface area contributed by atoms with Gasteiger partial charge in [0, 0.05) is 13.0 Å². The minimum atomic E-state index is 0.0217. The topological polar surface area (TPSA) is 41.9 Å². The molecule has 0 N–H and O–H groups in total. The van der Waals surface area contributed by atoms with E-state index in [0.717, 1.165) is 26.0 Å². The van der Waals surface area contributed by atoms with Crippen molar-refractivity contribution in [3.8, 4) is 0 Å². The van der Waals surface area contributed by atoms with Gasteiger partial charge in [-0.3, -0.25) is 5.01 Å². The van der Waals surface area contributed by atoms with Crippen molar-refractivity contribution < 1.29 is 4.74 Å². The molecular weight excluding hydrogens is 132 g/mol. The van der Waals surface area contributed by atoms with Gasteiger partial charge in [0.15, 0.2) is 0 Å². The summed E-state index contributed by atoms with van der Waals surface area (Å²) in [5, 5.41) is 4.41. The maximum atomic E-state index is 10.1. The molecule has 2 fully saturated rings. The second-order valence-electron chi connectivity index (χ2n) is 3.00. The van der Waals surface area contributed by atoms with Gasteiger partial charge in [0.1, 0.15) is 0 Å². The molecule has 2 rings (SSSR count). The van der Waals surface area contributed by atoms with E-state index < -0.39 is 0 Å². The molecule has 0 aromatic carbocycles. The third-order valence-corrected chi connectivity index (χ3v) is 2.38. The monoisotopic (exact) mass is 142 g/mol. The number of ether oxygens (including phenoxy) is 1. The fourth-order valence-electron chi connectivity index (χ4n) is 1.61. The predicted octanol–water partition coefficient (Wildman–Crippen LogP) is 0.533. The zero-order valence-corrected chi connectivity index (χ0v) is 5.75. The fraction of sp³-hybridized carbons (Fsp3) is 1.00. The summed E-state index contributed by atoms with van der Waals surface area (Å²) in [5.41, 5.74) is 0.0217. The summed E-state index contributed by atoms with van der Waals surface area (Å²) < 4.78 is 5.37. The van der Waals surface area contributed by atoms with Gasteiger partial charge in [0.05, 0.1) is 24.0 Å². The Kier molecular flexibility index (Phi) is 1.17. The summed E-state index contributed by atoms with van der Waals surface area (Å²) in [6, 6.07) is 0. The van der Waals surface area contributed by atoms with Gasteiger partial charge in [-0.15, -0.1) is 4.91 Å². The van der Waals surface area contributed by atoms with Crippen molar-refractivity contribution in [3.63, 3.8) is 0 Å². The largest absolute Gasteiger partial charge is 0.373 e. The van der Waals surface area contributed by atoms with Crippen LogP contribution in [-0.2, 0) is 4.74 Å². The highest BCUT2D eigenvalue weighted by molar-refractivity contribution is 4.95. The highest BCUT2D eigenvalue weighted by Crippen LogP contribution is 2.35.